The maximum absolute atomic E-state index is 5.68. The molecule has 6 rings (SSSR count). The lowest BCUT2D eigenvalue weighted by molar-refractivity contribution is 0.578. The van der Waals surface area contributed by atoms with Gasteiger partial charge in [-0.2, -0.15) is 0 Å². The molecule has 1 atom stereocenters. The molecule has 0 radical (unpaired) electrons. The monoisotopic (exact) mass is 457 g/mol. The predicted octanol–water partition coefficient (Wildman–Crippen LogP) is 6.68. The summed E-state index contributed by atoms with van der Waals surface area (Å²) in [6.45, 7) is 2.13. The van der Waals surface area contributed by atoms with Gasteiger partial charge in [-0.05, 0) is 61.6 Å². The van der Waals surface area contributed by atoms with E-state index in [9.17, 15) is 0 Å². The van der Waals surface area contributed by atoms with E-state index in [-0.39, 0.29) is 6.04 Å². The molecule has 3 heterocycles. The van der Waals surface area contributed by atoms with Crippen LogP contribution in [0.15, 0.2) is 81.1 Å². The number of benzene rings is 2. The van der Waals surface area contributed by atoms with Crippen LogP contribution < -0.4 is 0 Å². The molecular formula is C25H20BrN3O. The number of rotatable bonds is 3. The molecule has 4 aromatic rings. The van der Waals surface area contributed by atoms with E-state index in [1.54, 1.807) is 6.26 Å². The minimum absolute atomic E-state index is 0.0773. The summed E-state index contributed by atoms with van der Waals surface area (Å²) in [4.78, 5) is 9.94. The van der Waals surface area contributed by atoms with Gasteiger partial charge in [0.1, 0.15) is 12.0 Å². The van der Waals surface area contributed by atoms with E-state index in [2.05, 4.69) is 63.8 Å². The minimum atomic E-state index is -0.0773. The van der Waals surface area contributed by atoms with Gasteiger partial charge in [0.15, 0.2) is 5.76 Å². The second-order valence-corrected chi connectivity index (χ2v) is 8.86. The average molecular weight is 458 g/mol. The highest BCUT2D eigenvalue weighted by molar-refractivity contribution is 9.10. The molecule has 1 fully saturated rings. The first kappa shape index (κ1) is 17.9. The van der Waals surface area contributed by atoms with E-state index < -0.39 is 0 Å². The van der Waals surface area contributed by atoms with Crippen LogP contribution in [0.1, 0.15) is 54.1 Å². The fraction of sp³-hybridized carbons (Fsp3) is 0.200. The Labute approximate surface area is 183 Å². The highest BCUT2D eigenvalue weighted by Crippen LogP contribution is 2.43. The molecule has 0 spiro atoms. The van der Waals surface area contributed by atoms with Crippen molar-refractivity contribution in [1.82, 2.24) is 9.55 Å². The van der Waals surface area contributed by atoms with Crippen molar-refractivity contribution in [2.24, 2.45) is 4.99 Å². The van der Waals surface area contributed by atoms with Crippen LogP contribution >= 0.6 is 15.9 Å². The molecule has 5 heteroatoms. The first-order valence-electron chi connectivity index (χ1n) is 10.3. The number of hydrogen-bond acceptors (Lipinski definition) is 3. The molecule has 2 aromatic carbocycles. The highest BCUT2D eigenvalue weighted by atomic mass is 79.9. The van der Waals surface area contributed by atoms with Crippen LogP contribution in [-0.2, 0) is 0 Å². The lowest BCUT2D eigenvalue weighted by atomic mass is 9.97. The molecule has 0 amide bonds. The van der Waals surface area contributed by atoms with Crippen LogP contribution in [0.3, 0.4) is 0 Å². The zero-order valence-electron chi connectivity index (χ0n) is 16.5. The summed E-state index contributed by atoms with van der Waals surface area (Å²) >= 11 is 3.75. The molecular weight excluding hydrogens is 438 g/mol. The Morgan fingerprint density at radius 3 is 2.67 bits per heavy atom. The van der Waals surface area contributed by atoms with E-state index in [1.165, 1.54) is 18.4 Å². The molecule has 0 saturated heterocycles. The molecule has 1 aliphatic carbocycles. The molecule has 4 nitrogen and oxygen atoms in total. The quantitative estimate of drug-likeness (QED) is 0.344. The second kappa shape index (κ2) is 6.81. The number of aromatic nitrogens is 2. The standard InChI is InChI=1S/C25H20BrN3O/c1-15-25-24(22-7-4-12-30-22)27-14-29(25)21-11-10-17(16-8-9-16)13-19(21)23(28-15)18-5-2-3-6-20(18)26/h2-7,10-16H,8-9H2,1H3/t15-/m1/s1. The maximum atomic E-state index is 5.68. The number of halogens is 1. The van der Waals surface area contributed by atoms with Gasteiger partial charge in [-0.15, -0.1) is 0 Å². The molecule has 2 aliphatic rings. The third-order valence-corrected chi connectivity index (χ3v) is 6.68. The van der Waals surface area contributed by atoms with Crippen molar-refractivity contribution >= 4 is 21.6 Å². The van der Waals surface area contributed by atoms with Crippen molar-refractivity contribution in [2.75, 3.05) is 0 Å². The van der Waals surface area contributed by atoms with Crippen LogP contribution in [0, 0.1) is 0 Å². The summed E-state index contributed by atoms with van der Waals surface area (Å²) in [6.07, 6.45) is 6.14. The van der Waals surface area contributed by atoms with Crippen molar-refractivity contribution in [2.45, 2.75) is 31.7 Å². The van der Waals surface area contributed by atoms with Gasteiger partial charge in [-0.1, -0.05) is 40.2 Å². The molecule has 0 N–H and O–H groups in total. The number of furan rings is 1. The fourth-order valence-corrected chi connectivity index (χ4v) is 4.84. The van der Waals surface area contributed by atoms with Crippen molar-refractivity contribution < 1.29 is 4.42 Å². The SMILES string of the molecule is C[C@H]1N=C(c2ccccc2Br)c2cc(C3CC3)ccc2-n2cnc(-c3ccco3)c21. The Bertz CT molecular complexity index is 1280. The van der Waals surface area contributed by atoms with Gasteiger partial charge < -0.3 is 4.42 Å². The van der Waals surface area contributed by atoms with E-state index >= 15 is 0 Å². The summed E-state index contributed by atoms with van der Waals surface area (Å²) in [5.74, 6) is 1.45. The van der Waals surface area contributed by atoms with Crippen LogP contribution in [0.2, 0.25) is 0 Å². The maximum Gasteiger partial charge on any atom is 0.154 e. The van der Waals surface area contributed by atoms with Crippen molar-refractivity contribution in [1.29, 1.82) is 0 Å². The zero-order chi connectivity index (χ0) is 20.2. The van der Waals surface area contributed by atoms with Gasteiger partial charge in [0.2, 0.25) is 0 Å². The lowest BCUT2D eigenvalue weighted by Crippen LogP contribution is -2.08. The molecule has 1 aliphatic heterocycles. The molecule has 30 heavy (non-hydrogen) atoms. The summed E-state index contributed by atoms with van der Waals surface area (Å²) in [7, 11) is 0. The Balaban J connectivity index is 1.63. The first-order chi connectivity index (χ1) is 14.7. The normalized spacial score (nSPS) is 17.8. The van der Waals surface area contributed by atoms with E-state index in [0.717, 1.165) is 44.1 Å². The average Bonchev–Trinajstić information content (AvgIpc) is 3.31. The first-order valence-corrected chi connectivity index (χ1v) is 11.1. The largest absolute Gasteiger partial charge is 0.463 e. The third-order valence-electron chi connectivity index (χ3n) is 5.99. The van der Waals surface area contributed by atoms with Gasteiger partial charge in [-0.3, -0.25) is 9.56 Å². The predicted molar refractivity (Wildman–Crippen MR) is 121 cm³/mol. The molecule has 148 valence electrons. The van der Waals surface area contributed by atoms with Crippen molar-refractivity contribution in [3.63, 3.8) is 0 Å². The van der Waals surface area contributed by atoms with Crippen molar-refractivity contribution in [3.8, 4) is 17.1 Å². The fourth-order valence-electron chi connectivity index (χ4n) is 4.37. The smallest absolute Gasteiger partial charge is 0.154 e. The van der Waals surface area contributed by atoms with E-state index in [0.29, 0.717) is 5.92 Å². The van der Waals surface area contributed by atoms with Gasteiger partial charge in [-0.25, -0.2) is 4.98 Å². The number of fused-ring (bicyclic) bond motifs is 3. The molecule has 0 bridgehead atoms. The topological polar surface area (TPSA) is 43.3 Å². The van der Waals surface area contributed by atoms with Crippen LogP contribution in [0.25, 0.3) is 17.1 Å². The van der Waals surface area contributed by atoms with Gasteiger partial charge >= 0.3 is 0 Å². The highest BCUT2D eigenvalue weighted by Gasteiger charge is 2.30. The zero-order valence-corrected chi connectivity index (χ0v) is 18.1. The number of hydrogen-bond donors (Lipinski definition) is 0. The third kappa shape index (κ3) is 2.80. The molecule has 2 aromatic heterocycles. The summed E-state index contributed by atoms with van der Waals surface area (Å²) in [5.41, 5.74) is 7.68. The van der Waals surface area contributed by atoms with Crippen LogP contribution in [0.4, 0.5) is 0 Å². The molecule has 0 unspecified atom stereocenters. The van der Waals surface area contributed by atoms with Crippen LogP contribution in [0.5, 0.6) is 0 Å². The molecule has 1 saturated carbocycles. The number of nitrogens with zero attached hydrogens (tertiary/aromatic N) is 3. The Morgan fingerprint density at radius 2 is 1.90 bits per heavy atom. The van der Waals surface area contributed by atoms with Gasteiger partial charge in [0.05, 0.1) is 29.4 Å². The van der Waals surface area contributed by atoms with Gasteiger partial charge in [0, 0.05) is 15.6 Å². The van der Waals surface area contributed by atoms with E-state index in [4.69, 9.17) is 14.4 Å². The van der Waals surface area contributed by atoms with E-state index in [1.807, 2.05) is 24.5 Å². The Morgan fingerprint density at radius 1 is 1.03 bits per heavy atom. The summed E-state index contributed by atoms with van der Waals surface area (Å²) in [5, 5.41) is 0. The minimum Gasteiger partial charge on any atom is -0.463 e. The van der Waals surface area contributed by atoms with Crippen molar-refractivity contribution in [3.05, 3.63) is 94.0 Å². The summed E-state index contributed by atoms with van der Waals surface area (Å²) in [6, 6.07) is 18.9. The summed E-state index contributed by atoms with van der Waals surface area (Å²) < 4.78 is 8.91. The second-order valence-electron chi connectivity index (χ2n) is 8.01. The lowest BCUT2D eigenvalue weighted by Gasteiger charge is -2.14. The Kier molecular flexibility index (Phi) is 4.06. The van der Waals surface area contributed by atoms with Gasteiger partial charge in [0.25, 0.3) is 0 Å². The number of aliphatic imine (C=N–C) groups is 1. The Hall–Kier alpha value is -2.92. The van der Waals surface area contributed by atoms with Crippen LogP contribution in [-0.4, -0.2) is 15.3 Å². The number of imidazole rings is 1.